The van der Waals surface area contributed by atoms with Gasteiger partial charge in [0.2, 0.25) is 0 Å². The van der Waals surface area contributed by atoms with Gasteiger partial charge in [-0.1, -0.05) is 6.07 Å². The molecule has 2 aromatic rings. The summed E-state index contributed by atoms with van der Waals surface area (Å²) in [5, 5.41) is 1.09. The number of ether oxygens (including phenoxy) is 1. The molecule has 0 radical (unpaired) electrons. The predicted molar refractivity (Wildman–Crippen MR) is 70.1 cm³/mol. The highest BCUT2D eigenvalue weighted by Crippen LogP contribution is 2.19. The fourth-order valence-corrected chi connectivity index (χ4v) is 1.58. The van der Waals surface area contributed by atoms with E-state index in [1.165, 1.54) is 0 Å². The summed E-state index contributed by atoms with van der Waals surface area (Å²) in [6.07, 6.45) is 2.62. The predicted octanol–water partition coefficient (Wildman–Crippen LogP) is 2.74. The van der Waals surface area contributed by atoms with Gasteiger partial charge in [0.1, 0.15) is 5.75 Å². The fraction of sp³-hybridized carbons (Fsp3) is 0.357. The van der Waals surface area contributed by atoms with Gasteiger partial charge in [0.25, 0.3) is 0 Å². The van der Waals surface area contributed by atoms with Gasteiger partial charge in [0.05, 0.1) is 12.1 Å². The smallest absolute Gasteiger partial charge is 0.120 e. The van der Waals surface area contributed by atoms with Crippen LogP contribution in [0.1, 0.15) is 20.3 Å². The van der Waals surface area contributed by atoms with Crippen LogP contribution in [0.15, 0.2) is 36.5 Å². The standard InChI is InChI=1S/C14H18N2O/c1-14(2,15)7-9-17-12-5-6-13-11(10-12)4-3-8-16-13/h3-6,8,10H,7,9,15H2,1-2H3. The summed E-state index contributed by atoms with van der Waals surface area (Å²) < 4.78 is 5.68. The van der Waals surface area contributed by atoms with Gasteiger partial charge in [0, 0.05) is 17.1 Å². The Labute approximate surface area is 102 Å². The van der Waals surface area contributed by atoms with E-state index in [2.05, 4.69) is 4.98 Å². The zero-order valence-electron chi connectivity index (χ0n) is 10.3. The monoisotopic (exact) mass is 230 g/mol. The molecule has 0 atom stereocenters. The molecule has 0 bridgehead atoms. The molecule has 2 rings (SSSR count). The molecule has 17 heavy (non-hydrogen) atoms. The van der Waals surface area contributed by atoms with E-state index in [1.807, 2.05) is 44.2 Å². The van der Waals surface area contributed by atoms with Crippen molar-refractivity contribution in [1.29, 1.82) is 0 Å². The van der Waals surface area contributed by atoms with Gasteiger partial charge in [-0.25, -0.2) is 0 Å². The van der Waals surface area contributed by atoms with Gasteiger partial charge < -0.3 is 10.5 Å². The van der Waals surface area contributed by atoms with E-state index in [0.717, 1.165) is 23.1 Å². The molecule has 0 spiro atoms. The average Bonchev–Trinajstić information content (AvgIpc) is 2.27. The summed E-state index contributed by atoms with van der Waals surface area (Å²) in [6, 6.07) is 9.88. The number of fused-ring (bicyclic) bond motifs is 1. The normalized spacial score (nSPS) is 11.7. The Balaban J connectivity index is 2.04. The van der Waals surface area contributed by atoms with Gasteiger partial charge in [-0.2, -0.15) is 0 Å². The Hall–Kier alpha value is -1.61. The van der Waals surface area contributed by atoms with Crippen LogP contribution in [-0.4, -0.2) is 17.1 Å². The van der Waals surface area contributed by atoms with E-state index in [4.69, 9.17) is 10.5 Å². The quantitative estimate of drug-likeness (QED) is 0.878. The third-order valence-corrected chi connectivity index (χ3v) is 2.59. The van der Waals surface area contributed by atoms with Gasteiger partial charge in [-0.3, -0.25) is 4.98 Å². The molecule has 3 nitrogen and oxygen atoms in total. The highest BCUT2D eigenvalue weighted by atomic mass is 16.5. The minimum atomic E-state index is -0.182. The van der Waals surface area contributed by atoms with Crippen LogP contribution in [0.3, 0.4) is 0 Å². The number of rotatable bonds is 4. The lowest BCUT2D eigenvalue weighted by molar-refractivity contribution is 0.274. The van der Waals surface area contributed by atoms with E-state index >= 15 is 0 Å². The second-order valence-corrected chi connectivity index (χ2v) is 4.94. The van der Waals surface area contributed by atoms with Gasteiger partial charge in [0.15, 0.2) is 0 Å². The molecular formula is C14H18N2O. The average molecular weight is 230 g/mol. The Bertz CT molecular complexity index is 503. The van der Waals surface area contributed by atoms with Crippen molar-refractivity contribution in [3.8, 4) is 5.75 Å². The van der Waals surface area contributed by atoms with Crippen molar-refractivity contribution in [2.24, 2.45) is 5.73 Å². The molecule has 1 heterocycles. The molecule has 0 aliphatic rings. The Morgan fingerprint density at radius 2 is 2.12 bits per heavy atom. The maximum Gasteiger partial charge on any atom is 0.120 e. The van der Waals surface area contributed by atoms with Crippen LogP contribution in [0.5, 0.6) is 5.75 Å². The van der Waals surface area contributed by atoms with Crippen LogP contribution in [0.25, 0.3) is 10.9 Å². The van der Waals surface area contributed by atoms with Crippen molar-refractivity contribution in [2.75, 3.05) is 6.61 Å². The third kappa shape index (κ3) is 3.43. The molecule has 2 N–H and O–H groups in total. The molecular weight excluding hydrogens is 212 g/mol. The SMILES string of the molecule is CC(C)(N)CCOc1ccc2ncccc2c1. The number of hydrogen-bond acceptors (Lipinski definition) is 3. The lowest BCUT2D eigenvalue weighted by Crippen LogP contribution is -2.33. The summed E-state index contributed by atoms with van der Waals surface area (Å²) in [7, 11) is 0. The minimum Gasteiger partial charge on any atom is -0.494 e. The number of nitrogens with zero attached hydrogens (tertiary/aromatic N) is 1. The van der Waals surface area contributed by atoms with Crippen molar-refractivity contribution in [2.45, 2.75) is 25.8 Å². The van der Waals surface area contributed by atoms with Crippen LogP contribution >= 0.6 is 0 Å². The van der Waals surface area contributed by atoms with E-state index in [0.29, 0.717) is 6.61 Å². The van der Waals surface area contributed by atoms with Crippen molar-refractivity contribution < 1.29 is 4.74 Å². The Morgan fingerprint density at radius 1 is 1.29 bits per heavy atom. The lowest BCUT2D eigenvalue weighted by Gasteiger charge is -2.18. The maximum absolute atomic E-state index is 5.90. The molecule has 0 unspecified atom stereocenters. The van der Waals surface area contributed by atoms with Crippen molar-refractivity contribution in [3.63, 3.8) is 0 Å². The molecule has 0 aliphatic carbocycles. The summed E-state index contributed by atoms with van der Waals surface area (Å²) in [6.45, 7) is 4.64. The summed E-state index contributed by atoms with van der Waals surface area (Å²) >= 11 is 0. The molecule has 1 aromatic heterocycles. The van der Waals surface area contributed by atoms with Crippen molar-refractivity contribution >= 4 is 10.9 Å². The van der Waals surface area contributed by atoms with Gasteiger partial charge in [-0.05, 0) is 44.5 Å². The first-order chi connectivity index (χ1) is 8.04. The number of pyridine rings is 1. The second kappa shape index (κ2) is 4.72. The number of hydrogen-bond donors (Lipinski definition) is 1. The molecule has 90 valence electrons. The number of nitrogens with two attached hydrogens (primary N) is 1. The van der Waals surface area contributed by atoms with Crippen molar-refractivity contribution in [3.05, 3.63) is 36.5 Å². The van der Waals surface area contributed by atoms with E-state index in [1.54, 1.807) is 6.20 Å². The molecule has 0 fully saturated rings. The van der Waals surface area contributed by atoms with Crippen LogP contribution in [-0.2, 0) is 0 Å². The zero-order valence-corrected chi connectivity index (χ0v) is 10.3. The maximum atomic E-state index is 5.90. The highest BCUT2D eigenvalue weighted by molar-refractivity contribution is 5.79. The first-order valence-corrected chi connectivity index (χ1v) is 5.81. The minimum absolute atomic E-state index is 0.182. The molecule has 0 saturated carbocycles. The molecule has 0 aliphatic heterocycles. The lowest BCUT2D eigenvalue weighted by atomic mass is 10.0. The second-order valence-electron chi connectivity index (χ2n) is 4.94. The third-order valence-electron chi connectivity index (χ3n) is 2.59. The van der Waals surface area contributed by atoms with E-state index < -0.39 is 0 Å². The van der Waals surface area contributed by atoms with E-state index in [9.17, 15) is 0 Å². The van der Waals surface area contributed by atoms with Crippen LogP contribution < -0.4 is 10.5 Å². The topological polar surface area (TPSA) is 48.1 Å². The zero-order chi connectivity index (χ0) is 12.3. The summed E-state index contributed by atoms with van der Waals surface area (Å²) in [5.74, 6) is 0.870. The van der Waals surface area contributed by atoms with E-state index in [-0.39, 0.29) is 5.54 Å². The molecule has 3 heteroatoms. The number of benzene rings is 1. The Morgan fingerprint density at radius 3 is 2.88 bits per heavy atom. The van der Waals surface area contributed by atoms with Crippen molar-refractivity contribution in [1.82, 2.24) is 4.98 Å². The Kier molecular flexibility index (Phi) is 3.29. The molecule has 1 aromatic carbocycles. The van der Waals surface area contributed by atoms with Crippen LogP contribution in [0.4, 0.5) is 0 Å². The summed E-state index contributed by atoms with van der Waals surface area (Å²) in [4.78, 5) is 4.27. The summed E-state index contributed by atoms with van der Waals surface area (Å²) in [5.41, 5.74) is 6.70. The van der Waals surface area contributed by atoms with Gasteiger partial charge >= 0.3 is 0 Å². The first-order valence-electron chi connectivity index (χ1n) is 5.81. The molecule has 0 saturated heterocycles. The van der Waals surface area contributed by atoms with Gasteiger partial charge in [-0.15, -0.1) is 0 Å². The molecule has 0 amide bonds. The largest absolute Gasteiger partial charge is 0.494 e. The number of aromatic nitrogens is 1. The first kappa shape index (κ1) is 11.9. The fourth-order valence-electron chi connectivity index (χ4n) is 1.58. The van der Waals surface area contributed by atoms with Crippen LogP contribution in [0, 0.1) is 0 Å². The highest BCUT2D eigenvalue weighted by Gasteiger charge is 2.10. The van der Waals surface area contributed by atoms with Crippen LogP contribution in [0.2, 0.25) is 0 Å².